The van der Waals surface area contributed by atoms with Gasteiger partial charge in [-0.05, 0) is 30.3 Å². The van der Waals surface area contributed by atoms with E-state index in [-0.39, 0.29) is 5.78 Å². The van der Waals surface area contributed by atoms with Gasteiger partial charge < -0.3 is 14.8 Å². The molecule has 3 rings (SSSR count). The van der Waals surface area contributed by atoms with Crippen LogP contribution in [0.25, 0.3) is 0 Å². The highest BCUT2D eigenvalue weighted by molar-refractivity contribution is 6.31. The molecule has 2 aromatic rings. The molecule has 0 fully saturated rings. The summed E-state index contributed by atoms with van der Waals surface area (Å²) in [5.41, 5.74) is 1.75. The summed E-state index contributed by atoms with van der Waals surface area (Å²) in [6.07, 6.45) is 0. The summed E-state index contributed by atoms with van der Waals surface area (Å²) >= 11 is 6.00. The molecule has 1 aliphatic rings. The van der Waals surface area contributed by atoms with E-state index in [1.54, 1.807) is 24.3 Å². The van der Waals surface area contributed by atoms with Crippen LogP contribution in [0, 0.1) is 0 Å². The first-order chi connectivity index (χ1) is 10.2. The number of methoxy groups -OCH3 is 1. The highest BCUT2D eigenvalue weighted by atomic mass is 35.5. The molecule has 0 radical (unpaired) electrons. The number of carbonyl (C=O) groups excluding carboxylic acids is 1. The number of nitrogens with one attached hydrogen (secondary N) is 1. The van der Waals surface area contributed by atoms with E-state index in [9.17, 15) is 4.79 Å². The van der Waals surface area contributed by atoms with E-state index >= 15 is 0 Å². The highest BCUT2D eigenvalue weighted by Gasteiger charge is 2.22. The van der Waals surface area contributed by atoms with E-state index in [2.05, 4.69) is 5.32 Å². The second-order valence-corrected chi connectivity index (χ2v) is 5.07. The third-order valence-electron chi connectivity index (χ3n) is 3.33. The molecule has 2 aromatic carbocycles. The number of hydrogen-bond donors (Lipinski definition) is 1. The predicted molar refractivity (Wildman–Crippen MR) is 81.9 cm³/mol. The van der Waals surface area contributed by atoms with Crippen molar-refractivity contribution in [3.05, 3.63) is 52.5 Å². The van der Waals surface area contributed by atoms with Crippen molar-refractivity contribution in [3.8, 4) is 11.5 Å². The second kappa shape index (κ2) is 5.66. The Balaban J connectivity index is 2.09. The van der Waals surface area contributed by atoms with Crippen molar-refractivity contribution in [1.82, 2.24) is 0 Å². The minimum absolute atomic E-state index is 0.171. The Labute approximate surface area is 127 Å². The van der Waals surface area contributed by atoms with Crippen LogP contribution in [-0.4, -0.2) is 26.0 Å². The van der Waals surface area contributed by atoms with Crippen LogP contribution in [0.5, 0.6) is 11.5 Å². The third-order valence-corrected chi connectivity index (χ3v) is 3.56. The van der Waals surface area contributed by atoms with Crippen molar-refractivity contribution in [2.75, 3.05) is 25.6 Å². The summed E-state index contributed by atoms with van der Waals surface area (Å²) in [5.74, 6) is 0.899. The van der Waals surface area contributed by atoms with E-state index in [1.807, 2.05) is 12.1 Å². The van der Waals surface area contributed by atoms with Crippen LogP contribution in [0.2, 0.25) is 5.02 Å². The standard InChI is InChI=1S/C16H14ClNO3/c1-20-14-6-5-10(17)9-12(14)15(19)11-3-2-4-13-16(11)21-8-7-18-13/h2-6,9,18H,7-8H2,1H3. The lowest BCUT2D eigenvalue weighted by Crippen LogP contribution is -2.20. The number of para-hydroxylation sites is 1. The average molecular weight is 304 g/mol. The van der Waals surface area contributed by atoms with E-state index in [0.717, 1.165) is 12.2 Å². The fourth-order valence-electron chi connectivity index (χ4n) is 2.35. The summed E-state index contributed by atoms with van der Waals surface area (Å²) in [7, 11) is 1.53. The largest absolute Gasteiger partial charge is 0.496 e. The number of hydrogen-bond acceptors (Lipinski definition) is 4. The van der Waals surface area contributed by atoms with Gasteiger partial charge >= 0.3 is 0 Å². The molecule has 0 aliphatic carbocycles. The molecule has 0 unspecified atom stereocenters. The van der Waals surface area contributed by atoms with Gasteiger partial charge in [0, 0.05) is 11.6 Å². The molecule has 0 bridgehead atoms. The van der Waals surface area contributed by atoms with Crippen molar-refractivity contribution < 1.29 is 14.3 Å². The van der Waals surface area contributed by atoms with Gasteiger partial charge in [0.05, 0.1) is 23.9 Å². The van der Waals surface area contributed by atoms with Crippen molar-refractivity contribution >= 4 is 23.1 Å². The molecule has 0 saturated carbocycles. The fourth-order valence-corrected chi connectivity index (χ4v) is 2.52. The van der Waals surface area contributed by atoms with Crippen LogP contribution in [0.15, 0.2) is 36.4 Å². The Morgan fingerprint density at radius 3 is 2.95 bits per heavy atom. The molecule has 0 saturated heterocycles. The molecule has 4 nitrogen and oxygen atoms in total. The number of rotatable bonds is 3. The normalized spacial score (nSPS) is 12.9. The highest BCUT2D eigenvalue weighted by Crippen LogP contribution is 2.34. The summed E-state index contributed by atoms with van der Waals surface area (Å²) in [6, 6.07) is 10.4. The van der Waals surface area contributed by atoms with Crippen LogP contribution < -0.4 is 14.8 Å². The Bertz CT molecular complexity index is 700. The monoisotopic (exact) mass is 303 g/mol. The van der Waals surface area contributed by atoms with Crippen LogP contribution in [0.4, 0.5) is 5.69 Å². The van der Waals surface area contributed by atoms with Crippen LogP contribution in [0.1, 0.15) is 15.9 Å². The maximum atomic E-state index is 12.8. The number of halogens is 1. The minimum Gasteiger partial charge on any atom is -0.496 e. The average Bonchev–Trinajstić information content (AvgIpc) is 2.53. The van der Waals surface area contributed by atoms with Crippen LogP contribution in [-0.2, 0) is 0 Å². The van der Waals surface area contributed by atoms with Gasteiger partial charge in [-0.25, -0.2) is 0 Å². The van der Waals surface area contributed by atoms with Gasteiger partial charge in [-0.2, -0.15) is 0 Å². The fraction of sp³-hybridized carbons (Fsp3) is 0.188. The maximum absolute atomic E-state index is 12.8. The van der Waals surface area contributed by atoms with Crippen molar-refractivity contribution in [2.24, 2.45) is 0 Å². The summed E-state index contributed by atoms with van der Waals surface area (Å²) in [6.45, 7) is 1.26. The number of benzene rings is 2. The van der Waals surface area contributed by atoms with Crippen LogP contribution in [0.3, 0.4) is 0 Å². The second-order valence-electron chi connectivity index (χ2n) is 4.63. The van der Waals surface area contributed by atoms with Gasteiger partial charge in [-0.1, -0.05) is 17.7 Å². The topological polar surface area (TPSA) is 47.6 Å². The Morgan fingerprint density at radius 1 is 1.29 bits per heavy atom. The molecule has 108 valence electrons. The molecular weight excluding hydrogens is 290 g/mol. The lowest BCUT2D eigenvalue weighted by Gasteiger charge is -2.21. The minimum atomic E-state index is -0.171. The van der Waals surface area contributed by atoms with Gasteiger partial charge in [0.25, 0.3) is 0 Å². The van der Waals surface area contributed by atoms with E-state index in [4.69, 9.17) is 21.1 Å². The third kappa shape index (κ3) is 2.54. The maximum Gasteiger partial charge on any atom is 0.200 e. The van der Waals surface area contributed by atoms with Gasteiger partial charge in [0.1, 0.15) is 12.4 Å². The van der Waals surface area contributed by atoms with Crippen molar-refractivity contribution in [1.29, 1.82) is 0 Å². The van der Waals surface area contributed by atoms with E-state index in [0.29, 0.717) is 34.3 Å². The zero-order chi connectivity index (χ0) is 14.8. The summed E-state index contributed by atoms with van der Waals surface area (Å²) in [5, 5.41) is 3.70. The molecule has 1 N–H and O–H groups in total. The molecular formula is C16H14ClNO3. The molecule has 0 atom stereocenters. The molecule has 0 spiro atoms. The summed E-state index contributed by atoms with van der Waals surface area (Å²) in [4.78, 5) is 12.8. The van der Waals surface area contributed by atoms with Gasteiger partial charge in [0.15, 0.2) is 5.75 Å². The SMILES string of the molecule is COc1ccc(Cl)cc1C(=O)c1cccc2c1OCCN2. The van der Waals surface area contributed by atoms with Gasteiger partial charge in [-0.15, -0.1) is 0 Å². The zero-order valence-corrected chi connectivity index (χ0v) is 12.2. The number of anilines is 1. The number of carbonyl (C=O) groups is 1. The predicted octanol–water partition coefficient (Wildman–Crippen LogP) is 3.38. The number of ketones is 1. The molecule has 0 amide bonds. The lowest BCUT2D eigenvalue weighted by atomic mass is 10.0. The Kier molecular flexibility index (Phi) is 3.71. The lowest BCUT2D eigenvalue weighted by molar-refractivity contribution is 0.103. The first-order valence-electron chi connectivity index (χ1n) is 6.58. The van der Waals surface area contributed by atoms with E-state index in [1.165, 1.54) is 7.11 Å². The molecule has 1 heterocycles. The van der Waals surface area contributed by atoms with Gasteiger partial charge in [-0.3, -0.25) is 4.79 Å². The molecule has 5 heteroatoms. The first-order valence-corrected chi connectivity index (χ1v) is 6.96. The first kappa shape index (κ1) is 13.8. The van der Waals surface area contributed by atoms with Crippen molar-refractivity contribution in [2.45, 2.75) is 0 Å². The number of ether oxygens (including phenoxy) is 2. The number of fused-ring (bicyclic) bond motifs is 1. The molecule has 0 aromatic heterocycles. The quantitative estimate of drug-likeness (QED) is 0.883. The Morgan fingerprint density at radius 2 is 2.14 bits per heavy atom. The molecule has 21 heavy (non-hydrogen) atoms. The summed E-state index contributed by atoms with van der Waals surface area (Å²) < 4.78 is 10.9. The smallest absolute Gasteiger partial charge is 0.200 e. The van der Waals surface area contributed by atoms with Crippen LogP contribution >= 0.6 is 11.6 Å². The van der Waals surface area contributed by atoms with Crippen molar-refractivity contribution in [3.63, 3.8) is 0 Å². The van der Waals surface area contributed by atoms with E-state index < -0.39 is 0 Å². The Hall–Kier alpha value is -2.20. The molecule has 1 aliphatic heterocycles. The zero-order valence-electron chi connectivity index (χ0n) is 11.5. The van der Waals surface area contributed by atoms with Gasteiger partial charge in [0.2, 0.25) is 5.78 Å².